The summed E-state index contributed by atoms with van der Waals surface area (Å²) >= 11 is 7.42. The lowest BCUT2D eigenvalue weighted by Gasteiger charge is -2.37. The van der Waals surface area contributed by atoms with E-state index in [9.17, 15) is 9.59 Å². The highest BCUT2D eigenvalue weighted by atomic mass is 35.5. The molecule has 11 heteroatoms. The van der Waals surface area contributed by atoms with E-state index in [-0.39, 0.29) is 30.3 Å². The van der Waals surface area contributed by atoms with Crippen LogP contribution in [-0.2, 0) is 22.4 Å². The number of hydrogen-bond donors (Lipinski definition) is 3. The number of nitrogens with one attached hydrogen (secondary N) is 2. The molecular formula is C17H22ClN5O4S. The zero-order chi connectivity index (χ0) is 20.3. The molecule has 3 heterocycles. The number of anilines is 1. The van der Waals surface area contributed by atoms with Crippen LogP contribution in [-0.4, -0.2) is 64.3 Å². The Balaban J connectivity index is 1.63. The number of imidazole rings is 1. The van der Waals surface area contributed by atoms with E-state index >= 15 is 0 Å². The Morgan fingerprint density at radius 1 is 1.50 bits per heavy atom. The highest BCUT2D eigenvalue weighted by Gasteiger charge is 2.32. The number of aromatic amines is 1. The topological polar surface area (TPSA) is 120 Å². The molecular weight excluding hydrogens is 406 g/mol. The number of ether oxygens (including phenoxy) is 1. The van der Waals surface area contributed by atoms with Crippen molar-refractivity contribution in [1.29, 1.82) is 0 Å². The van der Waals surface area contributed by atoms with E-state index in [1.54, 1.807) is 12.5 Å². The Labute approximate surface area is 171 Å². The average molecular weight is 428 g/mol. The van der Waals surface area contributed by atoms with Gasteiger partial charge in [0.05, 0.1) is 30.0 Å². The summed E-state index contributed by atoms with van der Waals surface area (Å²) in [5.74, 6) is -1.03. The van der Waals surface area contributed by atoms with Crippen molar-refractivity contribution in [3.05, 3.63) is 27.7 Å². The number of amides is 1. The van der Waals surface area contributed by atoms with Crippen molar-refractivity contribution in [3.8, 4) is 0 Å². The first-order valence-corrected chi connectivity index (χ1v) is 10.2. The van der Waals surface area contributed by atoms with Gasteiger partial charge in [0.1, 0.15) is 0 Å². The summed E-state index contributed by atoms with van der Waals surface area (Å²) in [7, 11) is 1.60. The largest absolute Gasteiger partial charge is 0.481 e. The summed E-state index contributed by atoms with van der Waals surface area (Å²) in [6.45, 7) is 3.14. The summed E-state index contributed by atoms with van der Waals surface area (Å²) in [5, 5.41) is 14.7. The fraction of sp³-hybridized carbons (Fsp3) is 0.529. The molecule has 152 valence electrons. The van der Waals surface area contributed by atoms with Crippen molar-refractivity contribution in [3.63, 3.8) is 0 Å². The van der Waals surface area contributed by atoms with Crippen LogP contribution >= 0.6 is 22.9 Å². The second-order valence-electron chi connectivity index (χ2n) is 6.49. The normalized spacial score (nSPS) is 19.6. The third-order valence-electron chi connectivity index (χ3n) is 4.62. The van der Waals surface area contributed by atoms with Gasteiger partial charge in [-0.15, -0.1) is 11.3 Å². The highest BCUT2D eigenvalue weighted by molar-refractivity contribution is 7.13. The molecule has 1 aliphatic heterocycles. The number of aromatic nitrogens is 3. The number of aryl methyl sites for hydroxylation is 1. The molecule has 0 aliphatic carbocycles. The number of nitrogens with zero attached hydrogens (tertiary/aromatic N) is 3. The smallest absolute Gasteiger partial charge is 0.309 e. The van der Waals surface area contributed by atoms with Gasteiger partial charge in [0, 0.05) is 25.6 Å². The van der Waals surface area contributed by atoms with Gasteiger partial charge >= 0.3 is 5.97 Å². The van der Waals surface area contributed by atoms with Gasteiger partial charge < -0.3 is 25.0 Å². The SMILES string of the molecule is CCc1[nH]c(C(=O)N[C@H]2CCN(c3nc(CC(=O)O)cs3)C[C@H]2OC)nc1Cl. The van der Waals surface area contributed by atoms with Crippen molar-refractivity contribution in [2.45, 2.75) is 38.3 Å². The maximum Gasteiger partial charge on any atom is 0.309 e. The quantitative estimate of drug-likeness (QED) is 0.615. The van der Waals surface area contributed by atoms with Crippen molar-refractivity contribution < 1.29 is 19.4 Å². The summed E-state index contributed by atoms with van der Waals surface area (Å²) in [5.41, 5.74) is 1.27. The molecule has 0 bridgehead atoms. The number of halogens is 1. The molecule has 28 heavy (non-hydrogen) atoms. The Morgan fingerprint density at radius 3 is 2.93 bits per heavy atom. The van der Waals surface area contributed by atoms with Gasteiger partial charge in [-0.25, -0.2) is 9.97 Å². The van der Waals surface area contributed by atoms with Gasteiger partial charge in [-0.05, 0) is 12.8 Å². The van der Waals surface area contributed by atoms with E-state index in [2.05, 4.69) is 20.3 Å². The molecule has 3 rings (SSSR count). The zero-order valence-corrected chi connectivity index (χ0v) is 17.1. The van der Waals surface area contributed by atoms with Crippen LogP contribution in [0.3, 0.4) is 0 Å². The van der Waals surface area contributed by atoms with Crippen molar-refractivity contribution >= 4 is 39.9 Å². The van der Waals surface area contributed by atoms with E-state index < -0.39 is 5.97 Å². The van der Waals surface area contributed by atoms with Crippen LogP contribution < -0.4 is 10.2 Å². The lowest BCUT2D eigenvalue weighted by atomic mass is 10.0. The summed E-state index contributed by atoms with van der Waals surface area (Å²) < 4.78 is 5.58. The van der Waals surface area contributed by atoms with E-state index in [0.717, 1.165) is 10.8 Å². The fourth-order valence-electron chi connectivity index (χ4n) is 3.14. The summed E-state index contributed by atoms with van der Waals surface area (Å²) in [4.78, 5) is 36.8. The summed E-state index contributed by atoms with van der Waals surface area (Å²) in [6.07, 6.45) is 0.992. The van der Waals surface area contributed by atoms with E-state index in [0.29, 0.717) is 36.8 Å². The van der Waals surface area contributed by atoms with Crippen LogP contribution in [0.4, 0.5) is 5.13 Å². The van der Waals surface area contributed by atoms with Crippen molar-refractivity contribution in [2.24, 2.45) is 0 Å². The van der Waals surface area contributed by atoms with Crippen LogP contribution in [0.1, 0.15) is 35.4 Å². The number of carboxylic acids is 1. The number of carbonyl (C=O) groups is 2. The molecule has 2 aromatic rings. The molecule has 1 amide bonds. The molecule has 0 spiro atoms. The molecule has 0 radical (unpaired) electrons. The fourth-order valence-corrected chi connectivity index (χ4v) is 4.27. The maximum atomic E-state index is 12.5. The number of rotatable bonds is 7. The van der Waals surface area contributed by atoms with Crippen LogP contribution in [0.5, 0.6) is 0 Å². The Kier molecular flexibility index (Phi) is 6.53. The molecule has 2 atom stereocenters. The molecule has 1 saturated heterocycles. The number of hydrogen-bond acceptors (Lipinski definition) is 7. The van der Waals surface area contributed by atoms with Crippen LogP contribution in [0, 0.1) is 0 Å². The van der Waals surface area contributed by atoms with Gasteiger partial charge in [-0.1, -0.05) is 18.5 Å². The molecule has 0 saturated carbocycles. The van der Waals surface area contributed by atoms with Gasteiger partial charge in [-0.3, -0.25) is 9.59 Å². The van der Waals surface area contributed by atoms with Gasteiger partial charge in [-0.2, -0.15) is 0 Å². The molecule has 2 aromatic heterocycles. The van der Waals surface area contributed by atoms with Crippen molar-refractivity contribution in [1.82, 2.24) is 20.3 Å². The van der Waals surface area contributed by atoms with Crippen molar-refractivity contribution in [2.75, 3.05) is 25.1 Å². The molecule has 1 aliphatic rings. The number of thiazole rings is 1. The van der Waals surface area contributed by atoms with Gasteiger partial charge in [0.25, 0.3) is 5.91 Å². The number of aliphatic carboxylic acids is 1. The van der Waals surface area contributed by atoms with E-state index in [1.807, 2.05) is 11.8 Å². The van der Waals surface area contributed by atoms with Crippen LogP contribution in [0.15, 0.2) is 5.38 Å². The Bertz CT molecular complexity index is 854. The monoisotopic (exact) mass is 427 g/mol. The molecule has 3 N–H and O–H groups in total. The second-order valence-corrected chi connectivity index (χ2v) is 7.68. The number of H-pyrrole nitrogens is 1. The number of methoxy groups -OCH3 is 1. The highest BCUT2D eigenvalue weighted by Crippen LogP contribution is 2.25. The molecule has 9 nitrogen and oxygen atoms in total. The number of carboxylic acid groups (broad SMARTS) is 1. The third kappa shape index (κ3) is 4.62. The average Bonchev–Trinajstić information content (AvgIpc) is 3.27. The third-order valence-corrected chi connectivity index (χ3v) is 5.88. The molecule has 1 fully saturated rings. The Morgan fingerprint density at radius 2 is 2.29 bits per heavy atom. The molecule has 0 unspecified atom stereocenters. The standard InChI is InChI=1S/C17H22ClN5O4S/c1-3-10-14(18)22-15(20-10)16(26)21-11-4-5-23(7-12(11)27-2)17-19-9(8-28-17)6-13(24)25/h8,11-12H,3-7H2,1-2H3,(H,20,22)(H,21,26)(H,24,25)/t11-,12+/m0/s1. The zero-order valence-electron chi connectivity index (χ0n) is 15.6. The van der Waals surface area contributed by atoms with Crippen LogP contribution in [0.25, 0.3) is 0 Å². The Hall–Kier alpha value is -2.17. The lowest BCUT2D eigenvalue weighted by Crippen LogP contribution is -2.55. The van der Waals surface area contributed by atoms with E-state index in [4.69, 9.17) is 21.4 Å². The minimum Gasteiger partial charge on any atom is -0.481 e. The molecule has 0 aromatic carbocycles. The number of piperidine rings is 1. The minimum atomic E-state index is -0.905. The first kappa shape index (κ1) is 20.6. The van der Waals surface area contributed by atoms with Gasteiger partial charge in [0.15, 0.2) is 16.1 Å². The van der Waals surface area contributed by atoms with E-state index in [1.165, 1.54) is 11.3 Å². The second kappa shape index (κ2) is 8.89. The lowest BCUT2D eigenvalue weighted by molar-refractivity contribution is -0.136. The first-order chi connectivity index (χ1) is 13.4. The number of carbonyl (C=O) groups excluding carboxylic acids is 1. The maximum absolute atomic E-state index is 12.5. The summed E-state index contributed by atoms with van der Waals surface area (Å²) in [6, 6.07) is -0.179. The first-order valence-electron chi connectivity index (χ1n) is 8.90. The predicted octanol–water partition coefficient (Wildman–Crippen LogP) is 1.73. The predicted molar refractivity (Wildman–Crippen MR) is 105 cm³/mol. The van der Waals surface area contributed by atoms with Gasteiger partial charge in [0.2, 0.25) is 0 Å². The van der Waals surface area contributed by atoms with Crippen LogP contribution in [0.2, 0.25) is 5.15 Å². The minimum absolute atomic E-state index is 0.0951.